The van der Waals surface area contributed by atoms with E-state index in [0.29, 0.717) is 23.7 Å². The van der Waals surface area contributed by atoms with E-state index in [1.807, 2.05) is 30.3 Å². The topological polar surface area (TPSA) is 113 Å². The Morgan fingerprint density at radius 2 is 1.79 bits per heavy atom. The van der Waals surface area contributed by atoms with Crippen LogP contribution < -0.4 is 16.2 Å². The first kappa shape index (κ1) is 15.9. The predicted molar refractivity (Wildman–Crippen MR) is 94.5 cm³/mol. The van der Waals surface area contributed by atoms with Crippen molar-refractivity contribution in [2.24, 2.45) is 21.6 Å². The minimum Gasteiger partial charge on any atom is -0.463 e. The summed E-state index contributed by atoms with van der Waals surface area (Å²) >= 11 is 0. The van der Waals surface area contributed by atoms with E-state index in [-0.39, 0.29) is 5.84 Å². The van der Waals surface area contributed by atoms with Gasteiger partial charge in [-0.25, -0.2) is 10.0 Å². The summed E-state index contributed by atoms with van der Waals surface area (Å²) in [5.41, 5.74) is 13.0. The molecule has 0 saturated carbocycles. The summed E-state index contributed by atoms with van der Waals surface area (Å²) in [7, 11) is 0. The number of ether oxygens (including phenoxy) is 1. The Kier molecular flexibility index (Phi) is 4.64. The van der Waals surface area contributed by atoms with Gasteiger partial charge < -0.3 is 4.74 Å². The van der Waals surface area contributed by atoms with E-state index in [0.717, 1.165) is 5.56 Å². The van der Waals surface area contributed by atoms with Crippen LogP contribution in [0.2, 0.25) is 0 Å². The normalized spacial score (nSPS) is 15.5. The molecule has 3 rings (SSSR count). The van der Waals surface area contributed by atoms with Crippen molar-refractivity contribution >= 4 is 23.4 Å². The third-order valence-corrected chi connectivity index (χ3v) is 3.35. The van der Waals surface area contributed by atoms with E-state index in [9.17, 15) is 0 Å². The van der Waals surface area contributed by atoms with Crippen LogP contribution in [0.1, 0.15) is 5.56 Å². The molecule has 0 radical (unpaired) electrons. The highest BCUT2D eigenvalue weighted by Crippen LogP contribution is 2.19. The van der Waals surface area contributed by atoms with Crippen LogP contribution in [0.15, 0.2) is 64.7 Å². The molecule has 0 bridgehead atoms. The van der Waals surface area contributed by atoms with Gasteiger partial charge in [-0.15, -0.1) is 0 Å². The highest BCUT2D eigenvalue weighted by Gasteiger charge is 2.20. The Hall–Kier alpha value is -3.03. The molecule has 1 heterocycles. The Balaban J connectivity index is 1.68. The van der Waals surface area contributed by atoms with Gasteiger partial charge in [0.25, 0.3) is 0 Å². The molecule has 122 valence electrons. The molecule has 2 aromatic carbocycles. The lowest BCUT2D eigenvalue weighted by atomic mass is 10.2. The molecule has 0 aromatic heterocycles. The molecule has 0 saturated heterocycles. The Bertz CT molecular complexity index is 767. The van der Waals surface area contributed by atoms with Crippen molar-refractivity contribution in [3.8, 4) is 5.75 Å². The number of benzene rings is 2. The van der Waals surface area contributed by atoms with Crippen molar-refractivity contribution in [1.82, 2.24) is 5.01 Å². The van der Waals surface area contributed by atoms with Crippen LogP contribution in [-0.4, -0.2) is 29.1 Å². The van der Waals surface area contributed by atoms with Gasteiger partial charge in [0.15, 0.2) is 5.84 Å². The lowest BCUT2D eigenvalue weighted by Gasteiger charge is -2.13. The van der Waals surface area contributed by atoms with Gasteiger partial charge in [0.05, 0.1) is 18.4 Å². The maximum atomic E-state index is 8.21. The third kappa shape index (κ3) is 3.83. The van der Waals surface area contributed by atoms with Crippen LogP contribution in [0.4, 0.5) is 5.69 Å². The Labute approximate surface area is 139 Å². The largest absolute Gasteiger partial charge is 0.463 e. The molecule has 0 spiro atoms. The van der Waals surface area contributed by atoms with Gasteiger partial charge in [0, 0.05) is 0 Å². The zero-order valence-electron chi connectivity index (χ0n) is 13.0. The van der Waals surface area contributed by atoms with E-state index in [2.05, 4.69) is 10.1 Å². The van der Waals surface area contributed by atoms with Crippen LogP contribution in [0.25, 0.3) is 0 Å². The highest BCUT2D eigenvalue weighted by atomic mass is 16.5. The first-order valence-corrected chi connectivity index (χ1v) is 7.43. The van der Waals surface area contributed by atoms with Crippen molar-refractivity contribution in [3.05, 3.63) is 60.2 Å². The van der Waals surface area contributed by atoms with E-state index in [1.54, 1.807) is 35.5 Å². The molecule has 1 aliphatic rings. The number of rotatable bonds is 5. The fourth-order valence-electron chi connectivity index (χ4n) is 2.23. The molecule has 24 heavy (non-hydrogen) atoms. The fourth-order valence-corrected chi connectivity index (χ4v) is 2.23. The van der Waals surface area contributed by atoms with Crippen molar-refractivity contribution in [3.63, 3.8) is 0 Å². The van der Waals surface area contributed by atoms with Gasteiger partial charge >= 0.3 is 0 Å². The number of nitrogens with one attached hydrogen (secondary N) is 1. The van der Waals surface area contributed by atoms with Crippen LogP contribution in [-0.2, 0) is 6.54 Å². The molecule has 1 aliphatic heterocycles. The monoisotopic (exact) mass is 322 g/mol. The van der Waals surface area contributed by atoms with Crippen molar-refractivity contribution in [2.75, 3.05) is 0 Å². The van der Waals surface area contributed by atoms with E-state index in [1.165, 1.54) is 0 Å². The lowest BCUT2D eigenvalue weighted by Crippen LogP contribution is -2.36. The minimum atomic E-state index is -0.858. The summed E-state index contributed by atoms with van der Waals surface area (Å²) in [6.07, 6.45) is 0.731. The quantitative estimate of drug-likeness (QED) is 0.729. The molecule has 0 unspecified atom stereocenters. The minimum absolute atomic E-state index is 0.267. The van der Waals surface area contributed by atoms with E-state index >= 15 is 0 Å². The fraction of sp³-hybridized carbons (Fsp3) is 0.118. The van der Waals surface area contributed by atoms with Gasteiger partial charge in [0.1, 0.15) is 11.5 Å². The summed E-state index contributed by atoms with van der Waals surface area (Å²) < 4.78 is 5.17. The second-order valence-corrected chi connectivity index (χ2v) is 5.21. The molecular weight excluding hydrogens is 304 g/mol. The molecule has 5 N–H and O–H groups in total. The summed E-state index contributed by atoms with van der Waals surface area (Å²) in [5.74, 6) is 0.831. The average Bonchev–Trinajstić information content (AvgIpc) is 2.90. The van der Waals surface area contributed by atoms with Crippen molar-refractivity contribution in [2.45, 2.75) is 12.9 Å². The molecule has 7 heteroatoms. The third-order valence-electron chi connectivity index (χ3n) is 3.35. The summed E-state index contributed by atoms with van der Waals surface area (Å²) in [6.45, 7) is 0.538. The van der Waals surface area contributed by atoms with Crippen LogP contribution in [0.3, 0.4) is 0 Å². The smallest absolute Gasteiger partial charge is 0.201 e. The van der Waals surface area contributed by atoms with E-state index in [4.69, 9.17) is 21.6 Å². The van der Waals surface area contributed by atoms with Crippen LogP contribution >= 0.6 is 0 Å². The molecule has 7 nitrogen and oxygen atoms in total. The van der Waals surface area contributed by atoms with Gasteiger partial charge in [-0.1, -0.05) is 30.3 Å². The van der Waals surface area contributed by atoms with Crippen LogP contribution in [0, 0.1) is 5.41 Å². The lowest BCUT2D eigenvalue weighted by molar-refractivity contribution is 0.217. The van der Waals surface area contributed by atoms with E-state index < -0.39 is 6.35 Å². The molecule has 0 amide bonds. The number of hydrogen-bond donors (Lipinski definition) is 3. The Morgan fingerprint density at radius 1 is 1.08 bits per heavy atom. The number of amidine groups is 1. The number of hydrazone groups is 1. The molecule has 0 atom stereocenters. The average molecular weight is 322 g/mol. The van der Waals surface area contributed by atoms with Gasteiger partial charge in [-0.05, 0) is 29.8 Å². The summed E-state index contributed by atoms with van der Waals surface area (Å²) in [4.78, 5) is 4.43. The zero-order chi connectivity index (χ0) is 16.9. The maximum absolute atomic E-state index is 8.21. The molecular formula is C17H18N6O. The predicted octanol–water partition coefficient (Wildman–Crippen LogP) is 1.82. The molecule has 2 aromatic rings. The second kappa shape index (κ2) is 7.03. The number of aliphatic imine (C=N–C) groups is 1. The first-order chi connectivity index (χ1) is 11.6. The van der Waals surface area contributed by atoms with Crippen molar-refractivity contribution < 1.29 is 4.74 Å². The number of nitrogens with two attached hydrogens (primary N) is 2. The standard InChI is InChI=1S/C17H18N6O/c18-16-15(10-21-23(16)11-12-4-2-1-3-5-12)22-13-6-8-14(9-7-13)24-17(19)20/h1-10,17-18H,11,19-20H2. The van der Waals surface area contributed by atoms with Gasteiger partial charge in [0.2, 0.25) is 6.35 Å². The SMILES string of the molecule is N=C1C(=Nc2ccc(OC(N)N)cc2)C=NN1Cc1ccccc1. The van der Waals surface area contributed by atoms with Crippen molar-refractivity contribution in [1.29, 1.82) is 5.41 Å². The molecule has 0 fully saturated rings. The maximum Gasteiger partial charge on any atom is 0.201 e. The van der Waals surface area contributed by atoms with Gasteiger partial charge in [-0.2, -0.15) is 5.10 Å². The second-order valence-electron chi connectivity index (χ2n) is 5.21. The van der Waals surface area contributed by atoms with Crippen LogP contribution in [0.5, 0.6) is 5.75 Å². The first-order valence-electron chi connectivity index (χ1n) is 7.43. The summed E-state index contributed by atoms with van der Waals surface area (Å²) in [5, 5.41) is 14.1. The highest BCUT2D eigenvalue weighted by molar-refractivity contribution is 6.63. The number of nitrogens with zero attached hydrogens (tertiary/aromatic N) is 3. The number of hydrogen-bond acceptors (Lipinski definition) is 6. The van der Waals surface area contributed by atoms with Gasteiger partial charge in [-0.3, -0.25) is 16.9 Å². The summed E-state index contributed by atoms with van der Waals surface area (Å²) in [6, 6.07) is 16.9. The molecule has 0 aliphatic carbocycles. The zero-order valence-corrected chi connectivity index (χ0v) is 13.0. The Morgan fingerprint density at radius 3 is 2.46 bits per heavy atom.